The monoisotopic (exact) mass is 464 g/mol. The number of piperidine rings is 1. The molecule has 1 unspecified atom stereocenters. The summed E-state index contributed by atoms with van der Waals surface area (Å²) in [6, 6.07) is 0. The van der Waals surface area contributed by atoms with Crippen LogP contribution in [0, 0.1) is 0 Å². The van der Waals surface area contributed by atoms with Crippen molar-refractivity contribution in [2.45, 2.75) is 51.1 Å². The van der Waals surface area contributed by atoms with Gasteiger partial charge in [-0.1, -0.05) is 17.0 Å². The summed E-state index contributed by atoms with van der Waals surface area (Å²) in [6.07, 6.45) is -0.809. The van der Waals surface area contributed by atoms with E-state index in [0.717, 1.165) is 16.8 Å². The second-order valence-corrected chi connectivity index (χ2v) is 8.04. The van der Waals surface area contributed by atoms with Gasteiger partial charge in [0.25, 0.3) is 0 Å². The quantitative estimate of drug-likeness (QED) is 0.537. The number of carbonyl (C=O) groups excluding carboxylic acids is 3. The lowest BCUT2D eigenvalue weighted by molar-refractivity contribution is -0.238. The molecule has 1 aromatic heterocycles. The number of hydrogen-bond acceptors (Lipinski definition) is 9. The zero-order valence-corrected chi connectivity index (χ0v) is 17.9. The molecule has 172 valence electrons. The molecule has 0 saturated carbocycles. The summed E-state index contributed by atoms with van der Waals surface area (Å²) in [5.41, 5.74) is 1.02. The highest BCUT2D eigenvalue weighted by atomic mass is 32.2. The third kappa shape index (κ3) is 8.32. The molecular formula is C18H23F3N4O5S. The van der Waals surface area contributed by atoms with Crippen molar-refractivity contribution in [3.63, 3.8) is 0 Å². The standard InChI is InChI=1S/C18H23F3N4O5S/c1-3-29-16(27)5-4-7-24-11-14(22-23-24)9-13-10-25(30-17(28)18(19,20)21)8-6-15(13)31-12(2)26/h9,11,15H,3-8,10H2,1-2H3/b13-9-. The lowest BCUT2D eigenvalue weighted by Crippen LogP contribution is -2.41. The van der Waals surface area contributed by atoms with Crippen molar-refractivity contribution < 1.29 is 37.1 Å². The van der Waals surface area contributed by atoms with Crippen molar-refractivity contribution in [3.05, 3.63) is 17.5 Å². The van der Waals surface area contributed by atoms with E-state index in [4.69, 9.17) is 4.74 Å². The largest absolute Gasteiger partial charge is 0.492 e. The first kappa shape index (κ1) is 24.9. The summed E-state index contributed by atoms with van der Waals surface area (Å²) < 4.78 is 43.8. The average molecular weight is 464 g/mol. The SMILES string of the molecule is CCOC(=O)CCCn1cc(/C=C2/CN(OC(=O)C(F)(F)F)CCC2SC(C)=O)nn1. The van der Waals surface area contributed by atoms with Gasteiger partial charge < -0.3 is 9.57 Å². The summed E-state index contributed by atoms with van der Waals surface area (Å²) in [5.74, 6) is -2.60. The number of nitrogens with zero attached hydrogens (tertiary/aromatic N) is 4. The van der Waals surface area contributed by atoms with Gasteiger partial charge in [0.1, 0.15) is 5.69 Å². The molecule has 0 aromatic carbocycles. The third-order valence-electron chi connectivity index (χ3n) is 4.13. The first-order valence-electron chi connectivity index (χ1n) is 9.56. The molecule has 1 aromatic rings. The number of thioether (sulfide) groups is 1. The van der Waals surface area contributed by atoms with Gasteiger partial charge in [0.05, 0.1) is 19.3 Å². The Balaban J connectivity index is 2.05. The molecule has 2 rings (SSSR count). The van der Waals surface area contributed by atoms with Crippen LogP contribution in [0.5, 0.6) is 0 Å². The second-order valence-electron chi connectivity index (χ2n) is 6.66. The molecule has 1 aliphatic heterocycles. The first-order valence-corrected chi connectivity index (χ1v) is 10.4. The van der Waals surface area contributed by atoms with E-state index in [1.54, 1.807) is 19.2 Å². The van der Waals surface area contributed by atoms with Gasteiger partial charge in [0.15, 0.2) is 5.12 Å². The summed E-state index contributed by atoms with van der Waals surface area (Å²) in [7, 11) is 0. The van der Waals surface area contributed by atoms with Gasteiger partial charge in [-0.25, -0.2) is 4.79 Å². The van der Waals surface area contributed by atoms with Crippen molar-refractivity contribution in [1.82, 2.24) is 20.1 Å². The molecule has 1 saturated heterocycles. The van der Waals surface area contributed by atoms with E-state index in [9.17, 15) is 27.6 Å². The van der Waals surface area contributed by atoms with E-state index in [0.29, 0.717) is 37.3 Å². The molecule has 0 aliphatic carbocycles. The summed E-state index contributed by atoms with van der Waals surface area (Å²) in [6.45, 7) is 3.83. The smallest absolute Gasteiger partial charge is 0.466 e. The number of aromatic nitrogens is 3. The molecule has 0 bridgehead atoms. The maximum Gasteiger partial charge on any atom is 0.492 e. The lowest BCUT2D eigenvalue weighted by Gasteiger charge is -2.32. The van der Waals surface area contributed by atoms with Gasteiger partial charge in [-0.3, -0.25) is 14.3 Å². The fraction of sp³-hybridized carbons (Fsp3) is 0.611. The van der Waals surface area contributed by atoms with Gasteiger partial charge in [0, 0.05) is 31.7 Å². The Labute approximate surface area is 180 Å². The molecule has 0 radical (unpaired) electrons. The molecule has 0 spiro atoms. The number of carbonyl (C=O) groups is 3. The van der Waals surface area contributed by atoms with Crippen LogP contribution in [-0.4, -0.2) is 68.2 Å². The Kier molecular flexibility index (Phi) is 9.04. The Morgan fingerprint density at radius 3 is 2.74 bits per heavy atom. The molecular weight excluding hydrogens is 441 g/mol. The number of halogens is 3. The van der Waals surface area contributed by atoms with Crippen LogP contribution in [-0.2, 0) is 30.5 Å². The van der Waals surface area contributed by atoms with E-state index in [1.807, 2.05) is 0 Å². The predicted octanol–water partition coefficient (Wildman–Crippen LogP) is 2.38. The number of hydrogen-bond donors (Lipinski definition) is 0. The first-order chi connectivity index (χ1) is 14.6. The lowest BCUT2D eigenvalue weighted by atomic mass is 10.0. The summed E-state index contributed by atoms with van der Waals surface area (Å²) in [5, 5.41) is 8.46. The summed E-state index contributed by atoms with van der Waals surface area (Å²) >= 11 is 1.05. The highest BCUT2D eigenvalue weighted by Crippen LogP contribution is 2.30. The van der Waals surface area contributed by atoms with Crippen LogP contribution in [0.15, 0.2) is 11.8 Å². The average Bonchev–Trinajstić information content (AvgIpc) is 3.10. The van der Waals surface area contributed by atoms with Crippen LogP contribution >= 0.6 is 11.8 Å². The fourth-order valence-corrected chi connectivity index (χ4v) is 3.77. The van der Waals surface area contributed by atoms with Crippen molar-refractivity contribution in [2.75, 3.05) is 19.7 Å². The second kappa shape index (κ2) is 11.3. The van der Waals surface area contributed by atoms with E-state index in [1.165, 1.54) is 11.6 Å². The van der Waals surface area contributed by atoms with Gasteiger partial charge in [-0.15, -0.1) is 10.2 Å². The number of rotatable bonds is 8. The minimum absolute atomic E-state index is 0.0602. The van der Waals surface area contributed by atoms with Gasteiger partial charge in [-0.05, 0) is 31.4 Å². The molecule has 2 heterocycles. The third-order valence-corrected chi connectivity index (χ3v) is 5.28. The van der Waals surface area contributed by atoms with Crippen molar-refractivity contribution in [2.24, 2.45) is 0 Å². The molecule has 0 amide bonds. The van der Waals surface area contributed by atoms with Crippen molar-refractivity contribution in [1.29, 1.82) is 0 Å². The van der Waals surface area contributed by atoms with Crippen molar-refractivity contribution >= 4 is 34.9 Å². The van der Waals surface area contributed by atoms with Crippen LogP contribution in [0.4, 0.5) is 13.2 Å². The Bertz CT molecular complexity index is 827. The minimum Gasteiger partial charge on any atom is -0.466 e. The molecule has 1 aliphatic rings. The minimum atomic E-state index is -5.10. The van der Waals surface area contributed by atoms with E-state index < -0.39 is 12.1 Å². The maximum atomic E-state index is 12.5. The fourth-order valence-electron chi connectivity index (χ4n) is 2.85. The Morgan fingerprint density at radius 2 is 2.10 bits per heavy atom. The maximum absolute atomic E-state index is 12.5. The van der Waals surface area contributed by atoms with Crippen LogP contribution in [0.2, 0.25) is 0 Å². The van der Waals surface area contributed by atoms with Crippen molar-refractivity contribution in [3.8, 4) is 0 Å². The molecule has 0 N–H and O–H groups in total. The highest BCUT2D eigenvalue weighted by molar-refractivity contribution is 8.14. The number of esters is 1. The number of aryl methyl sites for hydroxylation is 1. The predicted molar refractivity (Wildman–Crippen MR) is 104 cm³/mol. The topological polar surface area (TPSA) is 104 Å². The number of alkyl halides is 3. The normalized spacial score (nSPS) is 18.7. The molecule has 1 atom stereocenters. The Hall–Kier alpha value is -2.41. The Morgan fingerprint density at radius 1 is 1.35 bits per heavy atom. The number of ether oxygens (including phenoxy) is 1. The number of hydroxylamine groups is 2. The van der Waals surface area contributed by atoms with Gasteiger partial charge in [-0.2, -0.15) is 13.2 Å². The molecule has 13 heteroatoms. The highest BCUT2D eigenvalue weighted by Gasteiger charge is 2.43. The van der Waals surface area contributed by atoms with Crippen LogP contribution in [0.1, 0.15) is 38.8 Å². The van der Waals surface area contributed by atoms with Crippen LogP contribution < -0.4 is 0 Å². The van der Waals surface area contributed by atoms with Gasteiger partial charge >= 0.3 is 18.1 Å². The van der Waals surface area contributed by atoms with E-state index >= 15 is 0 Å². The zero-order chi connectivity index (χ0) is 23.0. The zero-order valence-electron chi connectivity index (χ0n) is 17.1. The van der Waals surface area contributed by atoms with E-state index in [2.05, 4.69) is 15.1 Å². The summed E-state index contributed by atoms with van der Waals surface area (Å²) in [4.78, 5) is 38.5. The van der Waals surface area contributed by atoms with Gasteiger partial charge in [0.2, 0.25) is 0 Å². The molecule has 31 heavy (non-hydrogen) atoms. The molecule has 9 nitrogen and oxygen atoms in total. The molecule has 1 fully saturated rings. The van der Waals surface area contributed by atoms with E-state index in [-0.39, 0.29) is 35.8 Å². The van der Waals surface area contributed by atoms with Crippen LogP contribution in [0.3, 0.4) is 0 Å². The van der Waals surface area contributed by atoms with Crippen LogP contribution in [0.25, 0.3) is 6.08 Å².